The van der Waals surface area contributed by atoms with Gasteiger partial charge in [-0.25, -0.2) is 4.98 Å². The van der Waals surface area contributed by atoms with Gasteiger partial charge in [0, 0.05) is 23.5 Å². The first kappa shape index (κ1) is 13.6. The number of fused-ring (bicyclic) bond motifs is 1. The Kier molecular flexibility index (Phi) is 3.52. The number of amides is 1. The Morgan fingerprint density at radius 2 is 2.15 bits per heavy atom. The van der Waals surface area contributed by atoms with Crippen molar-refractivity contribution in [2.45, 2.75) is 33.2 Å². The van der Waals surface area contributed by atoms with Gasteiger partial charge < -0.3 is 5.73 Å². The van der Waals surface area contributed by atoms with E-state index in [0.29, 0.717) is 0 Å². The number of aromatic nitrogens is 2. The van der Waals surface area contributed by atoms with Crippen molar-refractivity contribution in [3.05, 3.63) is 22.5 Å². The molecule has 0 radical (unpaired) electrons. The molecule has 20 heavy (non-hydrogen) atoms. The van der Waals surface area contributed by atoms with Crippen LogP contribution in [-0.2, 0) is 11.3 Å². The highest BCUT2D eigenvalue weighted by Crippen LogP contribution is 2.24. The highest BCUT2D eigenvalue weighted by Gasteiger charge is 2.24. The van der Waals surface area contributed by atoms with Gasteiger partial charge in [0.05, 0.1) is 11.4 Å². The van der Waals surface area contributed by atoms with Gasteiger partial charge in [-0.2, -0.15) is 0 Å². The summed E-state index contributed by atoms with van der Waals surface area (Å²) in [6.07, 6.45) is 1.75. The minimum Gasteiger partial charge on any atom is -0.369 e. The van der Waals surface area contributed by atoms with Gasteiger partial charge >= 0.3 is 0 Å². The summed E-state index contributed by atoms with van der Waals surface area (Å²) in [6, 6.07) is 0. The maximum absolute atomic E-state index is 11.2. The predicted octanol–water partition coefficient (Wildman–Crippen LogP) is 1.71. The first-order chi connectivity index (χ1) is 9.56. The summed E-state index contributed by atoms with van der Waals surface area (Å²) < 4.78 is 2.25. The quantitative estimate of drug-likeness (QED) is 0.936. The van der Waals surface area contributed by atoms with Crippen molar-refractivity contribution in [1.82, 2.24) is 14.3 Å². The molecule has 108 valence electrons. The Bertz CT molecular complexity index is 637. The van der Waals surface area contributed by atoms with Gasteiger partial charge in [0.25, 0.3) is 0 Å². The number of nitrogens with two attached hydrogens (primary N) is 1. The Hall–Kier alpha value is -1.40. The van der Waals surface area contributed by atoms with Gasteiger partial charge in [-0.3, -0.25) is 14.1 Å². The van der Waals surface area contributed by atoms with E-state index < -0.39 is 0 Å². The van der Waals surface area contributed by atoms with E-state index in [0.717, 1.165) is 43.1 Å². The maximum atomic E-state index is 11.2. The molecule has 2 N–H and O–H groups in total. The molecule has 1 saturated heterocycles. The number of aryl methyl sites for hydroxylation is 2. The number of hydrogen-bond acceptors (Lipinski definition) is 4. The van der Waals surface area contributed by atoms with Gasteiger partial charge in [0.1, 0.15) is 0 Å². The number of imidazole rings is 1. The number of rotatable bonds is 3. The Morgan fingerprint density at radius 3 is 2.80 bits per heavy atom. The second kappa shape index (κ2) is 5.18. The summed E-state index contributed by atoms with van der Waals surface area (Å²) in [5.41, 5.74) is 9.01. The second-order valence-electron chi connectivity index (χ2n) is 5.59. The van der Waals surface area contributed by atoms with Crippen molar-refractivity contribution >= 4 is 22.2 Å². The average Bonchev–Trinajstić information content (AvgIpc) is 2.92. The van der Waals surface area contributed by atoms with E-state index >= 15 is 0 Å². The number of piperidine rings is 1. The van der Waals surface area contributed by atoms with Crippen molar-refractivity contribution < 1.29 is 4.79 Å². The molecule has 0 spiro atoms. The number of likely N-dealkylation sites (tertiary alicyclic amines) is 1. The van der Waals surface area contributed by atoms with Crippen molar-refractivity contribution in [1.29, 1.82) is 0 Å². The van der Waals surface area contributed by atoms with Crippen LogP contribution >= 0.6 is 11.3 Å². The number of thiazole rings is 1. The fourth-order valence-corrected chi connectivity index (χ4v) is 3.87. The third-order valence-electron chi connectivity index (χ3n) is 4.19. The van der Waals surface area contributed by atoms with Crippen LogP contribution in [0.15, 0.2) is 5.38 Å². The summed E-state index contributed by atoms with van der Waals surface area (Å²) >= 11 is 1.69. The van der Waals surface area contributed by atoms with Crippen LogP contribution in [-0.4, -0.2) is 33.3 Å². The van der Waals surface area contributed by atoms with E-state index in [2.05, 4.69) is 33.5 Å². The topological polar surface area (TPSA) is 63.6 Å². The number of hydrogen-bond donors (Lipinski definition) is 1. The Balaban J connectivity index is 1.76. The van der Waals surface area contributed by atoms with Gasteiger partial charge in [0.2, 0.25) is 5.91 Å². The smallest absolute Gasteiger partial charge is 0.220 e. The second-order valence-corrected chi connectivity index (χ2v) is 6.43. The third kappa shape index (κ3) is 2.33. The number of primary amides is 1. The van der Waals surface area contributed by atoms with E-state index in [1.807, 2.05) is 0 Å². The monoisotopic (exact) mass is 292 g/mol. The van der Waals surface area contributed by atoms with Crippen LogP contribution < -0.4 is 5.73 Å². The lowest BCUT2D eigenvalue weighted by Crippen LogP contribution is -2.38. The fourth-order valence-electron chi connectivity index (χ4n) is 2.94. The van der Waals surface area contributed by atoms with E-state index in [9.17, 15) is 4.79 Å². The molecule has 1 aliphatic rings. The minimum absolute atomic E-state index is 0.0562. The molecule has 0 bridgehead atoms. The largest absolute Gasteiger partial charge is 0.369 e. The lowest BCUT2D eigenvalue weighted by molar-refractivity contribution is -0.123. The van der Waals surface area contributed by atoms with Crippen LogP contribution in [0.1, 0.15) is 29.9 Å². The highest BCUT2D eigenvalue weighted by molar-refractivity contribution is 7.15. The van der Waals surface area contributed by atoms with Gasteiger partial charge in [-0.05, 0) is 39.8 Å². The van der Waals surface area contributed by atoms with E-state index in [1.165, 1.54) is 11.4 Å². The molecule has 3 heterocycles. The van der Waals surface area contributed by atoms with Crippen molar-refractivity contribution in [2.75, 3.05) is 13.1 Å². The summed E-state index contributed by atoms with van der Waals surface area (Å²) in [5.74, 6) is -0.0954. The minimum atomic E-state index is -0.152. The Morgan fingerprint density at radius 1 is 1.45 bits per heavy atom. The van der Waals surface area contributed by atoms with Gasteiger partial charge in [0.15, 0.2) is 4.96 Å². The van der Waals surface area contributed by atoms with Crippen LogP contribution in [0, 0.1) is 19.8 Å². The molecule has 6 heteroatoms. The standard InChI is InChI=1S/C14H20N4OS/c1-9-8-20-14-16-10(2)12(18(9)14)7-17-5-3-11(4-6-17)13(15)19/h8,11H,3-7H2,1-2H3,(H2,15,19). The molecular weight excluding hydrogens is 272 g/mol. The molecule has 5 nitrogen and oxygen atoms in total. The molecular formula is C14H20N4OS. The summed E-state index contributed by atoms with van der Waals surface area (Å²) in [4.78, 5) is 19.3. The van der Waals surface area contributed by atoms with Crippen LogP contribution in [0.5, 0.6) is 0 Å². The number of carbonyl (C=O) groups is 1. The molecule has 1 fully saturated rings. The molecule has 0 aromatic carbocycles. The zero-order valence-corrected chi connectivity index (χ0v) is 12.7. The number of carbonyl (C=O) groups excluding carboxylic acids is 1. The predicted molar refractivity (Wildman–Crippen MR) is 79.7 cm³/mol. The summed E-state index contributed by atoms with van der Waals surface area (Å²) in [7, 11) is 0. The summed E-state index contributed by atoms with van der Waals surface area (Å²) in [5, 5.41) is 2.14. The van der Waals surface area contributed by atoms with Crippen LogP contribution in [0.4, 0.5) is 0 Å². The van der Waals surface area contributed by atoms with Crippen molar-refractivity contribution in [3.63, 3.8) is 0 Å². The lowest BCUT2D eigenvalue weighted by Gasteiger charge is -2.30. The molecule has 1 amide bonds. The zero-order valence-electron chi connectivity index (χ0n) is 11.9. The fraction of sp³-hybridized carbons (Fsp3) is 0.571. The highest BCUT2D eigenvalue weighted by atomic mass is 32.1. The van der Waals surface area contributed by atoms with Crippen LogP contribution in [0.25, 0.3) is 4.96 Å². The maximum Gasteiger partial charge on any atom is 0.220 e. The third-order valence-corrected chi connectivity index (χ3v) is 5.14. The van der Waals surface area contributed by atoms with E-state index in [1.54, 1.807) is 11.3 Å². The van der Waals surface area contributed by atoms with Gasteiger partial charge in [-0.15, -0.1) is 11.3 Å². The molecule has 0 unspecified atom stereocenters. The summed E-state index contributed by atoms with van der Waals surface area (Å²) in [6.45, 7) is 6.96. The molecule has 0 atom stereocenters. The first-order valence-corrected chi connectivity index (χ1v) is 7.88. The van der Waals surface area contributed by atoms with Crippen molar-refractivity contribution in [2.24, 2.45) is 11.7 Å². The van der Waals surface area contributed by atoms with Gasteiger partial charge in [-0.1, -0.05) is 0 Å². The van der Waals surface area contributed by atoms with E-state index in [4.69, 9.17) is 5.73 Å². The Labute approximate surface area is 122 Å². The molecule has 2 aromatic rings. The molecule has 1 aliphatic heterocycles. The molecule has 0 aliphatic carbocycles. The van der Waals surface area contributed by atoms with Crippen molar-refractivity contribution in [3.8, 4) is 0 Å². The average molecular weight is 292 g/mol. The normalized spacial score (nSPS) is 17.9. The van der Waals surface area contributed by atoms with Crippen LogP contribution in [0.2, 0.25) is 0 Å². The zero-order chi connectivity index (χ0) is 14.3. The first-order valence-electron chi connectivity index (χ1n) is 7.00. The number of nitrogens with zero attached hydrogens (tertiary/aromatic N) is 3. The SMILES string of the molecule is Cc1nc2scc(C)n2c1CN1CCC(C(N)=O)CC1. The molecule has 3 rings (SSSR count). The molecule has 0 saturated carbocycles. The van der Waals surface area contributed by atoms with Crippen LogP contribution in [0.3, 0.4) is 0 Å². The van der Waals surface area contributed by atoms with E-state index in [-0.39, 0.29) is 11.8 Å². The molecule has 2 aromatic heterocycles. The lowest BCUT2D eigenvalue weighted by atomic mass is 9.96.